The van der Waals surface area contributed by atoms with Gasteiger partial charge in [0.15, 0.2) is 8.32 Å². The summed E-state index contributed by atoms with van der Waals surface area (Å²) in [4.78, 5) is 11.1. The summed E-state index contributed by atoms with van der Waals surface area (Å²) in [5, 5.41) is 19.3. The number of methoxy groups -OCH3 is 1. The summed E-state index contributed by atoms with van der Waals surface area (Å²) in [6.45, 7) is 5.89. The Morgan fingerprint density at radius 3 is 1.60 bits per heavy atom. The molecule has 0 unspecified atom stereocenters. The van der Waals surface area contributed by atoms with Crippen LogP contribution in [0.1, 0.15) is 52.7 Å². The molecule has 1 rings (SSSR count). The number of rotatable bonds is 22. The summed E-state index contributed by atoms with van der Waals surface area (Å²) in [5.41, 5.74) is 0.378. The van der Waals surface area contributed by atoms with Crippen LogP contribution in [0, 0.1) is 0 Å². The first-order chi connectivity index (χ1) is 26.0. The largest absolute Gasteiger partial charge is 0.491 e. The normalized spacial score (nSPS) is 16.0. The zero-order chi connectivity index (χ0) is 45.7. The predicted molar refractivity (Wildman–Crippen MR) is 173 cm³/mol. The second-order valence-electron chi connectivity index (χ2n) is 13.5. The Bertz CT molecular complexity index is 1560. The second-order valence-corrected chi connectivity index (χ2v) is 18.5. The van der Waals surface area contributed by atoms with Gasteiger partial charge in [-0.05, 0) is 47.3 Å². The number of carbonyl (C=O) groups is 1. The smallest absolute Gasteiger partial charge is 0.460 e. The molecule has 0 aliphatic carbocycles. The minimum atomic E-state index is -8.69. The number of halogens is 17. The third kappa shape index (κ3) is 10.1. The van der Waals surface area contributed by atoms with E-state index in [2.05, 4.69) is 0 Å². The van der Waals surface area contributed by atoms with Crippen molar-refractivity contribution in [1.29, 1.82) is 0 Å². The third-order valence-electron chi connectivity index (χ3n) is 9.22. The molecule has 0 fully saturated rings. The predicted octanol–water partition coefficient (Wildman–Crippen LogP) is 10.3. The molecule has 7 nitrogen and oxygen atoms in total. The van der Waals surface area contributed by atoms with Crippen molar-refractivity contribution < 1.29 is 104 Å². The van der Waals surface area contributed by atoms with E-state index in [1.165, 1.54) is 76.7 Å². The first kappa shape index (κ1) is 52.9. The topological polar surface area (TPSA) is 97.3 Å². The highest BCUT2D eigenvalue weighted by Gasteiger charge is 2.95. The Morgan fingerprint density at radius 2 is 1.19 bits per heavy atom. The summed E-state index contributed by atoms with van der Waals surface area (Å²) in [6, 6.07) is 4.19. The van der Waals surface area contributed by atoms with E-state index in [-0.39, 0.29) is 5.75 Å². The molecule has 1 amide bonds. The van der Waals surface area contributed by atoms with Gasteiger partial charge in [0.05, 0.1) is 6.61 Å². The molecule has 0 saturated heterocycles. The van der Waals surface area contributed by atoms with Crippen LogP contribution < -0.4 is 10.2 Å². The maximum atomic E-state index is 14.9. The van der Waals surface area contributed by atoms with Crippen LogP contribution in [0.5, 0.6) is 5.75 Å². The molecular weight excluding hydrogens is 857 g/mol. The molecule has 2 atom stereocenters. The number of ether oxygens (including phenoxy) is 2. The van der Waals surface area contributed by atoms with E-state index in [9.17, 15) is 84.5 Å². The highest BCUT2D eigenvalue weighted by Crippen LogP contribution is 2.64. The average Bonchev–Trinajstić information content (AvgIpc) is 3.10. The van der Waals surface area contributed by atoms with Crippen LogP contribution >= 0.6 is 0 Å². The number of amides is 1. The number of benzene rings is 1. The lowest BCUT2D eigenvalue weighted by atomic mass is 9.88. The lowest BCUT2D eigenvalue weighted by Crippen LogP contribution is -2.74. The van der Waals surface area contributed by atoms with E-state index in [0.717, 1.165) is 6.08 Å². The van der Waals surface area contributed by atoms with E-state index in [1.54, 1.807) is 6.92 Å². The molecule has 1 aromatic carbocycles. The van der Waals surface area contributed by atoms with Crippen LogP contribution in [0.2, 0.25) is 17.1 Å². The van der Waals surface area contributed by atoms with E-state index in [0.29, 0.717) is 11.1 Å². The fraction of sp³-hybridized carbons (Fsp3) is 0.667. The van der Waals surface area contributed by atoms with Crippen LogP contribution in [0.25, 0.3) is 0 Å². The lowest BCUT2D eigenvalue weighted by molar-refractivity contribution is -0.461. The molecule has 3 N–H and O–H groups in total. The molecule has 0 radical (unpaired) electrons. The van der Waals surface area contributed by atoms with Crippen molar-refractivity contribution in [2.24, 2.45) is 0 Å². The molecule has 0 aliphatic rings. The summed E-state index contributed by atoms with van der Waals surface area (Å²) in [7, 11) is -2.69. The summed E-state index contributed by atoms with van der Waals surface area (Å²) in [6.07, 6.45) is -8.91. The average molecular weight is 898 g/mol. The zero-order valence-corrected chi connectivity index (χ0v) is 32.1. The SMILES string of the molecule is CO[C@H](/C(C)=C/C=C/C(=O)NO)[C@H](O)c1ccc(OCCO[Si](CCC(F)(F)C(F)(F)C(F)(F)C(F)(F)C(F)(F)C(F)(F)C(F)(F)C(F)(F)F)(C(C)C)C(C)C)cc1. The zero-order valence-electron chi connectivity index (χ0n) is 31.1. The van der Waals surface area contributed by atoms with Gasteiger partial charge in [-0.2, -0.15) is 74.6 Å². The number of hydrogen-bond donors (Lipinski definition) is 3. The lowest BCUT2D eigenvalue weighted by Gasteiger charge is -2.44. The number of aliphatic hydroxyl groups is 1. The van der Waals surface area contributed by atoms with E-state index in [4.69, 9.17) is 19.1 Å². The molecule has 1 aromatic rings. The molecule has 336 valence electrons. The molecule has 58 heavy (non-hydrogen) atoms. The highest BCUT2D eigenvalue weighted by atomic mass is 28.4. The van der Waals surface area contributed by atoms with Crippen LogP contribution in [-0.2, 0) is 14.0 Å². The van der Waals surface area contributed by atoms with Gasteiger partial charge in [-0.25, -0.2) is 5.48 Å². The number of nitrogens with one attached hydrogen (secondary N) is 1. The van der Waals surface area contributed by atoms with Crippen molar-refractivity contribution >= 4 is 14.2 Å². The van der Waals surface area contributed by atoms with E-state index >= 15 is 0 Å². The number of allylic oxidation sites excluding steroid dienone is 2. The van der Waals surface area contributed by atoms with Crippen molar-refractivity contribution in [3.63, 3.8) is 0 Å². The molecule has 0 bridgehead atoms. The van der Waals surface area contributed by atoms with Crippen LogP contribution in [0.3, 0.4) is 0 Å². The Balaban J connectivity index is 3.24. The van der Waals surface area contributed by atoms with Gasteiger partial charge in [0.25, 0.3) is 5.91 Å². The molecule has 0 aromatic heterocycles. The van der Waals surface area contributed by atoms with Gasteiger partial charge in [0.1, 0.15) is 24.6 Å². The fourth-order valence-corrected chi connectivity index (χ4v) is 10.1. The molecule has 25 heteroatoms. The Morgan fingerprint density at radius 1 is 0.741 bits per heavy atom. The number of hydrogen-bond acceptors (Lipinski definition) is 6. The van der Waals surface area contributed by atoms with Crippen molar-refractivity contribution in [3.05, 3.63) is 53.6 Å². The summed E-state index contributed by atoms with van der Waals surface area (Å²) >= 11 is 0. The van der Waals surface area contributed by atoms with Gasteiger partial charge in [0, 0.05) is 19.6 Å². The number of hydroxylamine groups is 1. The Kier molecular flexibility index (Phi) is 17.0. The van der Waals surface area contributed by atoms with Gasteiger partial charge in [0.2, 0.25) is 0 Å². The first-order valence-corrected chi connectivity index (χ1v) is 18.9. The van der Waals surface area contributed by atoms with Crippen molar-refractivity contribution in [1.82, 2.24) is 5.48 Å². The van der Waals surface area contributed by atoms with Gasteiger partial charge in [-0.1, -0.05) is 52.0 Å². The first-order valence-electron chi connectivity index (χ1n) is 16.6. The minimum absolute atomic E-state index is 0.116. The van der Waals surface area contributed by atoms with Gasteiger partial charge in [-0.15, -0.1) is 0 Å². The highest BCUT2D eigenvalue weighted by molar-refractivity contribution is 6.76. The van der Waals surface area contributed by atoms with Crippen molar-refractivity contribution in [2.45, 2.75) is 118 Å². The van der Waals surface area contributed by atoms with Crippen LogP contribution in [0.4, 0.5) is 74.6 Å². The third-order valence-corrected chi connectivity index (χ3v) is 14.9. The molecule has 0 aliphatic heterocycles. The van der Waals surface area contributed by atoms with Crippen molar-refractivity contribution in [3.8, 4) is 5.75 Å². The van der Waals surface area contributed by atoms with Crippen LogP contribution in [-0.4, -0.2) is 98.6 Å². The Hall–Kier alpha value is -3.16. The van der Waals surface area contributed by atoms with Crippen molar-refractivity contribution in [2.75, 3.05) is 20.3 Å². The fourth-order valence-electron chi connectivity index (χ4n) is 5.67. The molecule has 0 saturated carbocycles. The van der Waals surface area contributed by atoms with E-state index in [1.807, 2.05) is 0 Å². The molecular formula is C33H40F17NO6Si. The van der Waals surface area contributed by atoms with Gasteiger partial charge in [-0.3, -0.25) is 10.0 Å². The minimum Gasteiger partial charge on any atom is -0.491 e. The monoisotopic (exact) mass is 897 g/mol. The quantitative estimate of drug-likeness (QED) is 0.0204. The number of aliphatic hydroxyl groups excluding tert-OH is 1. The Labute approximate surface area is 321 Å². The number of carbonyl (C=O) groups excluding carboxylic acids is 1. The standard InChI is InChI=1S/C33H40F17NO6Si/c1-18(2)58(19(3)4,57-16-15-56-22-12-10-21(11-13-22)24(53)25(55-6)20(5)8-7-9-23(52)51-54)17-14-26(34,35)27(36,37)28(38,39)29(40,41)30(42,43)31(44,45)32(46,47)33(48,49)50/h7-13,18-19,24-25,53-54H,14-17H2,1-6H3,(H,51,52)/b9-7+,20-8+/t24-,25-/m1/s1. The number of alkyl halides is 17. The summed E-state index contributed by atoms with van der Waals surface area (Å²) in [5.74, 6) is -57.5. The maximum absolute atomic E-state index is 14.9. The maximum Gasteiger partial charge on any atom is 0.460 e. The van der Waals surface area contributed by atoms with Gasteiger partial charge >= 0.3 is 47.6 Å². The molecule has 0 heterocycles. The second kappa shape index (κ2) is 18.6. The van der Waals surface area contributed by atoms with Crippen LogP contribution in [0.15, 0.2) is 48.1 Å². The van der Waals surface area contributed by atoms with Gasteiger partial charge < -0.3 is 19.0 Å². The summed E-state index contributed by atoms with van der Waals surface area (Å²) < 4.78 is 251. The van der Waals surface area contributed by atoms with E-state index < -0.39 is 111 Å². The molecule has 0 spiro atoms.